The Hall–Kier alpha value is -1.97. The highest BCUT2D eigenvalue weighted by Gasteiger charge is 2.19. The van der Waals surface area contributed by atoms with Gasteiger partial charge in [-0.15, -0.1) is 15.3 Å². The molecule has 9 heteroatoms. The van der Waals surface area contributed by atoms with Crippen LogP contribution in [0.2, 0.25) is 0 Å². The number of nitrogens with two attached hydrogens (primary N) is 1. The first kappa shape index (κ1) is 19.8. The minimum atomic E-state index is -0.202. The Kier molecular flexibility index (Phi) is 6.13. The summed E-state index contributed by atoms with van der Waals surface area (Å²) < 4.78 is 2.47. The lowest BCUT2D eigenvalue weighted by Crippen LogP contribution is -2.17. The number of hydrogen-bond donors (Lipinski definition) is 2. The lowest BCUT2D eigenvalue weighted by Gasteiger charge is -2.11. The van der Waals surface area contributed by atoms with Crippen LogP contribution in [-0.2, 0) is 4.79 Å². The molecule has 144 valence electrons. The Bertz CT molecular complexity index is 928. The number of aromatic nitrogens is 4. The molecule has 3 aromatic rings. The van der Waals surface area contributed by atoms with Gasteiger partial charge in [-0.05, 0) is 37.3 Å². The average molecular weight is 405 g/mol. The highest BCUT2D eigenvalue weighted by molar-refractivity contribution is 8.01. The second-order valence-corrected chi connectivity index (χ2v) is 9.14. The monoisotopic (exact) mass is 404 g/mol. The van der Waals surface area contributed by atoms with Crippen molar-refractivity contribution in [3.63, 3.8) is 0 Å². The minimum absolute atomic E-state index is 0.0555. The summed E-state index contributed by atoms with van der Waals surface area (Å²) >= 11 is 2.80. The largest absolute Gasteiger partial charge is 0.325 e. The van der Waals surface area contributed by atoms with Gasteiger partial charge in [0.2, 0.25) is 10.9 Å². The van der Waals surface area contributed by atoms with Crippen molar-refractivity contribution in [2.75, 3.05) is 11.1 Å². The first-order valence-electron chi connectivity index (χ1n) is 8.81. The second-order valence-electron chi connectivity index (χ2n) is 6.96. The fourth-order valence-electron chi connectivity index (χ4n) is 2.83. The minimum Gasteiger partial charge on any atom is -0.325 e. The molecule has 2 aromatic heterocycles. The number of hydrogen-bond acceptors (Lipinski definition) is 7. The van der Waals surface area contributed by atoms with E-state index in [2.05, 4.69) is 34.5 Å². The van der Waals surface area contributed by atoms with Crippen LogP contribution in [0.15, 0.2) is 22.5 Å². The number of amides is 1. The number of benzene rings is 1. The molecule has 1 unspecified atom stereocenters. The Balaban J connectivity index is 1.65. The third-order valence-electron chi connectivity index (χ3n) is 4.13. The van der Waals surface area contributed by atoms with E-state index in [1.54, 1.807) is 4.52 Å². The number of fused-ring (bicyclic) bond motifs is 1. The topological polar surface area (TPSA) is 98.2 Å². The molecule has 3 rings (SSSR count). The first-order valence-corrected chi connectivity index (χ1v) is 10.6. The smallest absolute Gasteiger partial charge is 0.235 e. The van der Waals surface area contributed by atoms with Crippen molar-refractivity contribution in [1.29, 1.82) is 0 Å². The van der Waals surface area contributed by atoms with Gasteiger partial charge >= 0.3 is 0 Å². The number of nitrogens with one attached hydrogen (secondary N) is 1. The molecule has 0 aliphatic heterocycles. The number of aryl methyl sites for hydroxylation is 2. The molecule has 0 saturated carbocycles. The van der Waals surface area contributed by atoms with Gasteiger partial charge in [0.05, 0.1) is 11.8 Å². The summed E-state index contributed by atoms with van der Waals surface area (Å²) in [5.41, 5.74) is 9.20. The number of thioether (sulfide) groups is 1. The first-order chi connectivity index (χ1) is 12.8. The SMILES string of the molecule is Cc1cccc(C)c1NC(=O)CSc1nn2c(C(N)CC(C)C)nnc2s1. The molecule has 0 bridgehead atoms. The number of carbonyl (C=O) groups is 1. The van der Waals surface area contributed by atoms with E-state index in [1.807, 2.05) is 32.0 Å². The molecular weight excluding hydrogens is 380 g/mol. The predicted octanol–water partition coefficient (Wildman–Crippen LogP) is 3.58. The summed E-state index contributed by atoms with van der Waals surface area (Å²) in [6.07, 6.45) is 0.818. The summed E-state index contributed by atoms with van der Waals surface area (Å²) in [4.78, 5) is 13.0. The van der Waals surface area contributed by atoms with Crippen LogP contribution in [0.1, 0.15) is 43.3 Å². The maximum atomic E-state index is 12.3. The Morgan fingerprint density at radius 2 is 2.00 bits per heavy atom. The number of nitrogens with zero attached hydrogens (tertiary/aromatic N) is 4. The van der Waals surface area contributed by atoms with Crippen LogP contribution in [0.4, 0.5) is 5.69 Å². The Morgan fingerprint density at radius 3 is 2.67 bits per heavy atom. The molecule has 1 atom stereocenters. The molecule has 0 spiro atoms. The normalized spacial score (nSPS) is 12.7. The van der Waals surface area contributed by atoms with Crippen LogP contribution in [0, 0.1) is 19.8 Å². The number of carbonyl (C=O) groups excluding carboxylic acids is 1. The molecule has 0 radical (unpaired) electrons. The molecule has 1 amide bonds. The van der Waals surface area contributed by atoms with Gasteiger partial charge in [0, 0.05) is 5.69 Å². The fraction of sp³-hybridized carbons (Fsp3) is 0.444. The van der Waals surface area contributed by atoms with Crippen LogP contribution in [0.3, 0.4) is 0 Å². The second kappa shape index (κ2) is 8.37. The predicted molar refractivity (Wildman–Crippen MR) is 110 cm³/mol. The molecule has 0 aliphatic carbocycles. The molecule has 0 aliphatic rings. The Labute approximate surface area is 166 Å². The van der Waals surface area contributed by atoms with Gasteiger partial charge in [-0.1, -0.05) is 55.1 Å². The molecule has 0 fully saturated rings. The van der Waals surface area contributed by atoms with E-state index in [0.717, 1.165) is 27.6 Å². The summed E-state index contributed by atoms with van der Waals surface area (Å²) in [6.45, 7) is 8.21. The molecule has 7 nitrogen and oxygen atoms in total. The maximum Gasteiger partial charge on any atom is 0.235 e. The van der Waals surface area contributed by atoms with E-state index < -0.39 is 0 Å². The highest BCUT2D eigenvalue weighted by Crippen LogP contribution is 2.27. The van der Waals surface area contributed by atoms with Gasteiger partial charge in [-0.3, -0.25) is 4.79 Å². The third kappa shape index (κ3) is 4.66. The zero-order chi connectivity index (χ0) is 19.6. The van der Waals surface area contributed by atoms with Gasteiger partial charge in [0.1, 0.15) is 0 Å². The summed E-state index contributed by atoms with van der Waals surface area (Å²) in [5, 5.41) is 15.8. The van der Waals surface area contributed by atoms with Gasteiger partial charge in [-0.2, -0.15) is 4.52 Å². The third-order valence-corrected chi connectivity index (χ3v) is 6.16. The summed E-state index contributed by atoms with van der Waals surface area (Å²) in [7, 11) is 0. The van der Waals surface area contributed by atoms with Gasteiger partial charge in [-0.25, -0.2) is 0 Å². The molecular formula is C18H24N6OS2. The van der Waals surface area contributed by atoms with Crippen molar-refractivity contribution in [3.05, 3.63) is 35.2 Å². The Morgan fingerprint density at radius 1 is 1.30 bits per heavy atom. The highest BCUT2D eigenvalue weighted by atomic mass is 32.2. The van der Waals surface area contributed by atoms with E-state index in [9.17, 15) is 4.79 Å². The quantitative estimate of drug-likeness (QED) is 0.584. The molecule has 2 heterocycles. The van der Waals surface area contributed by atoms with E-state index >= 15 is 0 Å². The fourth-order valence-corrected chi connectivity index (χ4v) is 4.52. The summed E-state index contributed by atoms with van der Waals surface area (Å²) in [5.74, 6) is 1.36. The van der Waals surface area contributed by atoms with Crippen molar-refractivity contribution in [2.24, 2.45) is 11.7 Å². The van der Waals surface area contributed by atoms with E-state index in [-0.39, 0.29) is 17.7 Å². The summed E-state index contributed by atoms with van der Waals surface area (Å²) in [6, 6.07) is 5.75. The van der Waals surface area contributed by atoms with Crippen molar-refractivity contribution < 1.29 is 4.79 Å². The number of anilines is 1. The molecule has 1 aromatic carbocycles. The standard InChI is InChI=1S/C18H24N6OS2/c1-10(2)8-13(19)16-21-22-17-24(16)23-18(27-17)26-9-14(25)20-15-11(3)6-5-7-12(15)4/h5-7,10,13H,8-9,19H2,1-4H3,(H,20,25). The van der Waals surface area contributed by atoms with E-state index in [1.165, 1.54) is 23.1 Å². The van der Waals surface area contributed by atoms with Crippen LogP contribution in [0.25, 0.3) is 4.96 Å². The number of rotatable bonds is 7. The van der Waals surface area contributed by atoms with Crippen LogP contribution in [-0.4, -0.2) is 31.5 Å². The average Bonchev–Trinajstić information content (AvgIpc) is 3.15. The van der Waals surface area contributed by atoms with E-state index in [0.29, 0.717) is 16.7 Å². The van der Waals surface area contributed by atoms with Crippen LogP contribution < -0.4 is 11.1 Å². The lowest BCUT2D eigenvalue weighted by molar-refractivity contribution is -0.113. The zero-order valence-corrected chi connectivity index (χ0v) is 17.5. The van der Waals surface area contributed by atoms with Crippen molar-refractivity contribution in [3.8, 4) is 0 Å². The lowest BCUT2D eigenvalue weighted by atomic mass is 10.0. The molecule has 3 N–H and O–H groups in total. The van der Waals surface area contributed by atoms with Crippen LogP contribution >= 0.6 is 23.1 Å². The van der Waals surface area contributed by atoms with Crippen molar-refractivity contribution in [2.45, 2.75) is 44.5 Å². The van der Waals surface area contributed by atoms with Crippen molar-refractivity contribution in [1.82, 2.24) is 19.8 Å². The molecule has 27 heavy (non-hydrogen) atoms. The molecule has 0 saturated heterocycles. The zero-order valence-electron chi connectivity index (χ0n) is 15.9. The van der Waals surface area contributed by atoms with Crippen molar-refractivity contribution >= 4 is 39.7 Å². The number of para-hydroxylation sites is 1. The maximum absolute atomic E-state index is 12.3. The van der Waals surface area contributed by atoms with E-state index in [4.69, 9.17) is 5.73 Å². The van der Waals surface area contributed by atoms with Gasteiger partial charge in [0.25, 0.3) is 0 Å². The van der Waals surface area contributed by atoms with Gasteiger partial charge in [0.15, 0.2) is 10.2 Å². The van der Waals surface area contributed by atoms with Gasteiger partial charge < -0.3 is 11.1 Å². The van der Waals surface area contributed by atoms with Crippen LogP contribution in [0.5, 0.6) is 0 Å².